The van der Waals surface area contributed by atoms with Crippen molar-refractivity contribution >= 4 is 17.6 Å². The van der Waals surface area contributed by atoms with Gasteiger partial charge in [0.05, 0.1) is 11.8 Å². The van der Waals surface area contributed by atoms with E-state index in [9.17, 15) is 14.4 Å². The Bertz CT molecular complexity index is 567. The molecule has 20 heavy (non-hydrogen) atoms. The van der Waals surface area contributed by atoms with Crippen molar-refractivity contribution in [2.75, 3.05) is 6.54 Å². The van der Waals surface area contributed by atoms with Crippen LogP contribution in [0, 0.1) is 17.3 Å². The number of imide groups is 1. The third kappa shape index (κ3) is 1.79. The summed E-state index contributed by atoms with van der Waals surface area (Å²) in [5.41, 5.74) is 0.436. The lowest BCUT2D eigenvalue weighted by Gasteiger charge is -2.20. The lowest BCUT2D eigenvalue weighted by Crippen LogP contribution is -2.37. The van der Waals surface area contributed by atoms with Crippen molar-refractivity contribution in [3.8, 4) is 0 Å². The number of benzene rings is 1. The number of nitrogens with zero attached hydrogens (tertiary/aromatic N) is 1. The van der Waals surface area contributed by atoms with Crippen LogP contribution in [0.15, 0.2) is 30.3 Å². The minimum atomic E-state index is -0.186. The zero-order valence-corrected chi connectivity index (χ0v) is 11.6. The van der Waals surface area contributed by atoms with Gasteiger partial charge in [0.1, 0.15) is 0 Å². The molecule has 1 saturated carbocycles. The molecule has 2 unspecified atom stereocenters. The normalized spacial score (nSPS) is 26.6. The summed E-state index contributed by atoms with van der Waals surface area (Å²) < 4.78 is 0. The summed E-state index contributed by atoms with van der Waals surface area (Å²) in [4.78, 5) is 37.5. The molecule has 1 aromatic carbocycles. The first-order valence-corrected chi connectivity index (χ1v) is 6.88. The van der Waals surface area contributed by atoms with E-state index in [0.717, 1.165) is 0 Å². The van der Waals surface area contributed by atoms with Crippen LogP contribution in [0.1, 0.15) is 30.6 Å². The highest BCUT2D eigenvalue weighted by atomic mass is 16.2. The second kappa shape index (κ2) is 4.27. The predicted octanol–water partition coefficient (Wildman–Crippen LogP) is 1.90. The van der Waals surface area contributed by atoms with Gasteiger partial charge in [-0.1, -0.05) is 44.2 Å². The van der Waals surface area contributed by atoms with Crippen LogP contribution in [-0.4, -0.2) is 29.0 Å². The first-order chi connectivity index (χ1) is 9.44. The van der Waals surface area contributed by atoms with E-state index < -0.39 is 0 Å². The number of piperidine rings is 1. The second-order valence-corrected chi connectivity index (χ2v) is 6.14. The molecule has 2 fully saturated rings. The highest BCUT2D eigenvalue weighted by molar-refractivity contribution is 6.10. The molecule has 1 saturated heterocycles. The maximum atomic E-state index is 12.1. The molecule has 0 aromatic heterocycles. The number of ketones is 1. The quantitative estimate of drug-likeness (QED) is 0.621. The van der Waals surface area contributed by atoms with Gasteiger partial charge in [-0.3, -0.25) is 19.3 Å². The van der Waals surface area contributed by atoms with Gasteiger partial charge in [0, 0.05) is 18.5 Å². The van der Waals surface area contributed by atoms with Crippen LogP contribution in [0.2, 0.25) is 0 Å². The number of hydrogen-bond donors (Lipinski definition) is 0. The van der Waals surface area contributed by atoms with Gasteiger partial charge in [0.15, 0.2) is 5.78 Å². The Morgan fingerprint density at radius 2 is 1.65 bits per heavy atom. The van der Waals surface area contributed by atoms with E-state index >= 15 is 0 Å². The van der Waals surface area contributed by atoms with Crippen molar-refractivity contribution < 1.29 is 14.4 Å². The fourth-order valence-corrected chi connectivity index (χ4v) is 3.21. The molecule has 1 heterocycles. The molecule has 104 valence electrons. The van der Waals surface area contributed by atoms with E-state index in [2.05, 4.69) is 0 Å². The molecule has 0 N–H and O–H groups in total. The molecule has 3 rings (SSSR count). The Morgan fingerprint density at radius 1 is 1.10 bits per heavy atom. The van der Waals surface area contributed by atoms with E-state index in [1.807, 2.05) is 19.9 Å². The Hall–Kier alpha value is -1.97. The number of hydrogen-bond acceptors (Lipinski definition) is 3. The largest absolute Gasteiger partial charge is 0.294 e. The Balaban J connectivity index is 1.62. The molecule has 4 nitrogen and oxygen atoms in total. The number of rotatable bonds is 4. The predicted molar refractivity (Wildman–Crippen MR) is 72.9 cm³/mol. The van der Waals surface area contributed by atoms with Crippen molar-refractivity contribution in [2.45, 2.75) is 20.3 Å². The summed E-state index contributed by atoms with van der Waals surface area (Å²) in [6.45, 7) is 4.10. The highest BCUT2D eigenvalue weighted by Crippen LogP contribution is 2.63. The maximum absolute atomic E-state index is 12.1. The van der Waals surface area contributed by atoms with Crippen molar-refractivity contribution in [2.24, 2.45) is 17.3 Å². The van der Waals surface area contributed by atoms with Crippen LogP contribution in [0.25, 0.3) is 0 Å². The molecule has 2 atom stereocenters. The number of likely N-dealkylation sites (tertiary alicyclic amines) is 1. The van der Waals surface area contributed by atoms with Gasteiger partial charge in [-0.15, -0.1) is 0 Å². The highest BCUT2D eigenvalue weighted by Gasteiger charge is 2.72. The van der Waals surface area contributed by atoms with Gasteiger partial charge in [-0.2, -0.15) is 0 Å². The van der Waals surface area contributed by atoms with Crippen LogP contribution in [0.4, 0.5) is 0 Å². The molecular formula is C16H17NO3. The topological polar surface area (TPSA) is 54.5 Å². The molecule has 0 radical (unpaired) electrons. The van der Waals surface area contributed by atoms with Crippen LogP contribution < -0.4 is 0 Å². The van der Waals surface area contributed by atoms with Crippen LogP contribution in [-0.2, 0) is 9.59 Å². The fourth-order valence-electron chi connectivity index (χ4n) is 3.21. The molecule has 4 heteroatoms. The first-order valence-electron chi connectivity index (χ1n) is 6.88. The van der Waals surface area contributed by atoms with Crippen molar-refractivity contribution in [3.05, 3.63) is 35.9 Å². The molecule has 0 bridgehead atoms. The van der Waals surface area contributed by atoms with E-state index in [-0.39, 0.29) is 47.8 Å². The average molecular weight is 271 g/mol. The van der Waals surface area contributed by atoms with E-state index in [0.29, 0.717) is 5.56 Å². The Morgan fingerprint density at radius 3 is 2.20 bits per heavy atom. The number of carbonyl (C=O) groups is 3. The van der Waals surface area contributed by atoms with Gasteiger partial charge < -0.3 is 0 Å². The summed E-state index contributed by atoms with van der Waals surface area (Å²) in [6.07, 6.45) is 0.196. The summed E-state index contributed by atoms with van der Waals surface area (Å²) in [5, 5.41) is 0. The average Bonchev–Trinajstić information content (AvgIpc) is 2.90. The Labute approximate surface area is 117 Å². The number of carbonyl (C=O) groups excluding carboxylic acids is 3. The lowest BCUT2D eigenvalue weighted by molar-refractivity contribution is -0.142. The lowest BCUT2D eigenvalue weighted by atomic mass is 10.0. The van der Waals surface area contributed by atoms with Crippen molar-refractivity contribution in [1.82, 2.24) is 4.90 Å². The third-order valence-electron chi connectivity index (χ3n) is 4.55. The standard InChI is InChI=1S/C16H17NO3/c1-16(2)12-13(16)15(20)17(14(12)19)9-8-11(18)10-6-4-3-5-7-10/h3-7,12-13H,8-9H2,1-2H3. The van der Waals surface area contributed by atoms with Gasteiger partial charge in [0.2, 0.25) is 11.8 Å². The molecule has 1 aliphatic carbocycles. The van der Waals surface area contributed by atoms with E-state index in [1.165, 1.54) is 4.90 Å². The zero-order valence-electron chi connectivity index (χ0n) is 11.6. The van der Waals surface area contributed by atoms with Crippen LogP contribution >= 0.6 is 0 Å². The van der Waals surface area contributed by atoms with Crippen molar-refractivity contribution in [3.63, 3.8) is 0 Å². The zero-order chi connectivity index (χ0) is 14.5. The van der Waals surface area contributed by atoms with Crippen LogP contribution in [0.3, 0.4) is 0 Å². The Kier molecular flexibility index (Phi) is 2.78. The summed E-state index contributed by atoms with van der Waals surface area (Å²) in [6, 6.07) is 8.95. The van der Waals surface area contributed by atoms with Gasteiger partial charge in [-0.05, 0) is 5.41 Å². The van der Waals surface area contributed by atoms with E-state index in [4.69, 9.17) is 0 Å². The summed E-state index contributed by atoms with van der Waals surface area (Å²) in [7, 11) is 0. The molecule has 1 aromatic rings. The van der Waals surface area contributed by atoms with E-state index in [1.54, 1.807) is 24.3 Å². The van der Waals surface area contributed by atoms with Gasteiger partial charge >= 0.3 is 0 Å². The monoisotopic (exact) mass is 271 g/mol. The maximum Gasteiger partial charge on any atom is 0.233 e. The minimum Gasteiger partial charge on any atom is -0.294 e. The smallest absolute Gasteiger partial charge is 0.233 e. The second-order valence-electron chi connectivity index (χ2n) is 6.14. The minimum absolute atomic E-state index is 0.0361. The van der Waals surface area contributed by atoms with Gasteiger partial charge in [-0.25, -0.2) is 0 Å². The molecule has 2 aliphatic rings. The molecule has 0 spiro atoms. The fraction of sp³-hybridized carbons (Fsp3) is 0.438. The summed E-state index contributed by atoms with van der Waals surface area (Å²) in [5.74, 6) is -0.577. The molecular weight excluding hydrogens is 254 g/mol. The molecule has 2 amide bonds. The summed E-state index contributed by atoms with van der Waals surface area (Å²) >= 11 is 0. The number of Topliss-reactive ketones (excluding diaryl/α,β-unsaturated/α-hetero) is 1. The SMILES string of the molecule is CC1(C)C2C(=O)N(CCC(=O)c3ccccc3)C(=O)C21. The van der Waals surface area contributed by atoms with Crippen LogP contribution in [0.5, 0.6) is 0 Å². The molecule has 1 aliphatic heterocycles. The van der Waals surface area contributed by atoms with Crippen molar-refractivity contribution in [1.29, 1.82) is 0 Å². The number of amides is 2. The third-order valence-corrected chi connectivity index (χ3v) is 4.55. The van der Waals surface area contributed by atoms with Gasteiger partial charge in [0.25, 0.3) is 0 Å². The number of fused-ring (bicyclic) bond motifs is 1. The first kappa shape index (κ1) is 13.0.